The Morgan fingerprint density at radius 3 is 2.71 bits per heavy atom. The number of nitrogens with zero attached hydrogens (tertiary/aromatic N) is 1. The quantitative estimate of drug-likeness (QED) is 0.612. The number of nitrogens with one attached hydrogen (secondary N) is 3. The van der Waals surface area contributed by atoms with Crippen molar-refractivity contribution < 1.29 is 14.4 Å². The molecule has 0 aromatic heterocycles. The number of halogens is 1. The Morgan fingerprint density at radius 2 is 2.04 bits per heavy atom. The number of imide groups is 1. The summed E-state index contributed by atoms with van der Waals surface area (Å²) in [5, 5.41) is 9.02. The van der Waals surface area contributed by atoms with E-state index in [1.54, 1.807) is 0 Å². The lowest BCUT2D eigenvalue weighted by Crippen LogP contribution is -2.44. The highest BCUT2D eigenvalue weighted by molar-refractivity contribution is 6.07. The van der Waals surface area contributed by atoms with Crippen LogP contribution in [-0.2, 0) is 9.59 Å². The van der Waals surface area contributed by atoms with Gasteiger partial charge in [-0.1, -0.05) is 12.8 Å². The second kappa shape index (κ2) is 8.16. The minimum atomic E-state index is -0.678. The molecule has 4 amide bonds. The van der Waals surface area contributed by atoms with Crippen LogP contribution in [0.25, 0.3) is 0 Å². The third kappa shape index (κ3) is 4.00. The Labute approximate surface area is 148 Å². The second-order valence-corrected chi connectivity index (χ2v) is 6.92. The van der Waals surface area contributed by atoms with Crippen molar-refractivity contribution in [3.05, 3.63) is 0 Å². The molecule has 3 rings (SSSR count). The van der Waals surface area contributed by atoms with Gasteiger partial charge in [-0.25, -0.2) is 4.79 Å². The predicted molar refractivity (Wildman–Crippen MR) is 91.9 cm³/mol. The molecule has 3 aliphatic rings. The monoisotopic (exact) mass is 358 g/mol. The Morgan fingerprint density at radius 1 is 1.29 bits per heavy atom. The summed E-state index contributed by atoms with van der Waals surface area (Å²) in [4.78, 5) is 37.6. The lowest BCUT2D eigenvalue weighted by molar-refractivity contribution is -0.131. The Balaban J connectivity index is 0.00000208. The van der Waals surface area contributed by atoms with E-state index in [1.807, 2.05) is 0 Å². The molecule has 3 N–H and O–H groups in total. The normalized spacial score (nSPS) is 25.0. The van der Waals surface area contributed by atoms with Gasteiger partial charge >= 0.3 is 6.03 Å². The van der Waals surface area contributed by atoms with Gasteiger partial charge in [-0.3, -0.25) is 14.5 Å². The maximum absolute atomic E-state index is 12.4. The molecular weight excluding hydrogens is 332 g/mol. The number of amides is 4. The van der Waals surface area contributed by atoms with Gasteiger partial charge < -0.3 is 16.0 Å². The van der Waals surface area contributed by atoms with Gasteiger partial charge in [0.2, 0.25) is 5.91 Å². The molecule has 1 spiro atoms. The van der Waals surface area contributed by atoms with Crippen LogP contribution < -0.4 is 16.0 Å². The first-order chi connectivity index (χ1) is 11.1. The number of carbonyl (C=O) groups excluding carboxylic acids is 3. The van der Waals surface area contributed by atoms with Crippen LogP contribution in [0, 0.1) is 5.92 Å². The van der Waals surface area contributed by atoms with Gasteiger partial charge in [0, 0.05) is 19.5 Å². The van der Waals surface area contributed by atoms with Crippen LogP contribution in [0.4, 0.5) is 4.79 Å². The average Bonchev–Trinajstić information content (AvgIpc) is 3.23. The van der Waals surface area contributed by atoms with E-state index < -0.39 is 5.54 Å². The Hall–Kier alpha value is -1.34. The van der Waals surface area contributed by atoms with E-state index in [0.29, 0.717) is 12.5 Å². The van der Waals surface area contributed by atoms with Crippen LogP contribution in [-0.4, -0.2) is 54.5 Å². The molecule has 1 saturated carbocycles. The summed E-state index contributed by atoms with van der Waals surface area (Å²) >= 11 is 0. The maximum Gasteiger partial charge on any atom is 0.325 e. The van der Waals surface area contributed by atoms with E-state index in [0.717, 1.165) is 45.2 Å². The molecule has 0 aromatic carbocycles. The summed E-state index contributed by atoms with van der Waals surface area (Å²) in [6.07, 6.45) is 5.70. The van der Waals surface area contributed by atoms with E-state index in [4.69, 9.17) is 0 Å². The fourth-order valence-electron chi connectivity index (χ4n) is 3.87. The summed E-state index contributed by atoms with van der Waals surface area (Å²) in [5.41, 5.74) is -0.678. The number of urea groups is 1. The molecule has 136 valence electrons. The number of carbonyl (C=O) groups is 3. The highest BCUT2D eigenvalue weighted by Gasteiger charge is 2.52. The van der Waals surface area contributed by atoms with Gasteiger partial charge in [-0.2, -0.15) is 0 Å². The molecule has 24 heavy (non-hydrogen) atoms. The van der Waals surface area contributed by atoms with E-state index in [2.05, 4.69) is 16.0 Å². The van der Waals surface area contributed by atoms with Gasteiger partial charge in [0.05, 0.1) is 0 Å². The van der Waals surface area contributed by atoms with Crippen molar-refractivity contribution in [3.63, 3.8) is 0 Å². The molecule has 1 atom stereocenters. The molecule has 0 radical (unpaired) electrons. The first-order valence-electron chi connectivity index (χ1n) is 8.72. The van der Waals surface area contributed by atoms with Gasteiger partial charge in [0.25, 0.3) is 5.91 Å². The van der Waals surface area contributed by atoms with Crippen molar-refractivity contribution in [3.8, 4) is 0 Å². The number of hydrogen-bond donors (Lipinski definition) is 3. The molecule has 7 nitrogen and oxygen atoms in total. The zero-order valence-electron chi connectivity index (χ0n) is 13.9. The SMILES string of the molecule is Cl.O=C(CCN1C(=O)NC2(CCCC2)C1=O)NCCC1CCNC1. The molecule has 2 saturated heterocycles. The predicted octanol–water partition coefficient (Wildman–Crippen LogP) is 0.779. The van der Waals surface area contributed by atoms with E-state index in [1.165, 1.54) is 11.3 Å². The lowest BCUT2D eigenvalue weighted by atomic mass is 9.98. The molecule has 8 heteroatoms. The summed E-state index contributed by atoms with van der Waals surface area (Å²) in [7, 11) is 0. The molecule has 0 bridgehead atoms. The number of rotatable bonds is 6. The fourth-order valence-corrected chi connectivity index (χ4v) is 3.87. The summed E-state index contributed by atoms with van der Waals surface area (Å²) < 4.78 is 0. The van der Waals surface area contributed by atoms with Crippen molar-refractivity contribution in [1.29, 1.82) is 0 Å². The average molecular weight is 359 g/mol. The van der Waals surface area contributed by atoms with Gasteiger partial charge in [-0.05, 0) is 44.7 Å². The summed E-state index contributed by atoms with van der Waals surface area (Å²) in [6.45, 7) is 2.92. The standard InChI is InChI=1S/C16H26N4O3.ClH/c21-13(18-9-4-12-3-8-17-11-12)5-10-20-14(22)16(19-15(20)23)6-1-2-7-16;/h12,17H,1-11H2,(H,18,21)(H,19,23);1H. The lowest BCUT2D eigenvalue weighted by Gasteiger charge is -2.19. The first-order valence-corrected chi connectivity index (χ1v) is 8.72. The van der Waals surface area contributed by atoms with Crippen LogP contribution in [0.2, 0.25) is 0 Å². The topological polar surface area (TPSA) is 90.5 Å². The molecule has 1 unspecified atom stereocenters. The third-order valence-corrected chi connectivity index (χ3v) is 5.30. The molecule has 3 fully saturated rings. The van der Waals surface area contributed by atoms with Crippen LogP contribution in [0.1, 0.15) is 44.9 Å². The van der Waals surface area contributed by atoms with E-state index >= 15 is 0 Å². The molecule has 0 aromatic rings. The fraction of sp³-hybridized carbons (Fsp3) is 0.812. The van der Waals surface area contributed by atoms with Crippen molar-refractivity contribution >= 4 is 30.3 Å². The Kier molecular flexibility index (Phi) is 6.46. The minimum absolute atomic E-state index is 0. The summed E-state index contributed by atoms with van der Waals surface area (Å²) in [6, 6.07) is -0.346. The van der Waals surface area contributed by atoms with Gasteiger partial charge in [-0.15, -0.1) is 12.4 Å². The van der Waals surface area contributed by atoms with Crippen LogP contribution >= 0.6 is 12.4 Å². The minimum Gasteiger partial charge on any atom is -0.356 e. The van der Waals surface area contributed by atoms with Crippen molar-refractivity contribution in [2.75, 3.05) is 26.2 Å². The zero-order chi connectivity index (χ0) is 16.3. The number of hydrogen-bond acceptors (Lipinski definition) is 4. The van der Waals surface area contributed by atoms with E-state index in [9.17, 15) is 14.4 Å². The van der Waals surface area contributed by atoms with Crippen molar-refractivity contribution in [2.24, 2.45) is 5.92 Å². The van der Waals surface area contributed by atoms with Crippen LogP contribution in [0.5, 0.6) is 0 Å². The van der Waals surface area contributed by atoms with Crippen molar-refractivity contribution in [2.45, 2.75) is 50.5 Å². The first kappa shape index (κ1) is 19.0. The maximum atomic E-state index is 12.4. The summed E-state index contributed by atoms with van der Waals surface area (Å²) in [5.74, 6) is 0.400. The third-order valence-electron chi connectivity index (χ3n) is 5.30. The highest BCUT2D eigenvalue weighted by Crippen LogP contribution is 2.34. The van der Waals surface area contributed by atoms with Crippen LogP contribution in [0.15, 0.2) is 0 Å². The molecule has 2 heterocycles. The molecule has 1 aliphatic carbocycles. The van der Waals surface area contributed by atoms with Gasteiger partial charge in [0.1, 0.15) is 5.54 Å². The van der Waals surface area contributed by atoms with E-state index in [-0.39, 0.29) is 43.2 Å². The second-order valence-electron chi connectivity index (χ2n) is 6.92. The largest absolute Gasteiger partial charge is 0.356 e. The van der Waals surface area contributed by atoms with Crippen molar-refractivity contribution in [1.82, 2.24) is 20.9 Å². The van der Waals surface area contributed by atoms with Crippen LogP contribution in [0.3, 0.4) is 0 Å². The smallest absolute Gasteiger partial charge is 0.325 e. The molecule has 2 aliphatic heterocycles. The Bertz CT molecular complexity index is 488. The van der Waals surface area contributed by atoms with Gasteiger partial charge in [0.15, 0.2) is 0 Å². The molecular formula is C16H27ClN4O3. The zero-order valence-corrected chi connectivity index (χ0v) is 14.8. The highest BCUT2D eigenvalue weighted by atomic mass is 35.5.